The fraction of sp³-hybridized carbons (Fsp3) is 0.235. The first-order chi connectivity index (χ1) is 9.97. The minimum Gasteiger partial charge on any atom is -0.398 e. The number of nitrogens with one attached hydrogen (secondary N) is 1. The molecule has 0 spiro atoms. The van der Waals surface area contributed by atoms with Crippen molar-refractivity contribution in [2.24, 2.45) is 0 Å². The topological polar surface area (TPSA) is 55.1 Å². The van der Waals surface area contributed by atoms with Crippen LogP contribution in [-0.2, 0) is 4.79 Å². The van der Waals surface area contributed by atoms with Crippen LogP contribution < -0.4 is 11.1 Å². The molecule has 0 unspecified atom stereocenters. The monoisotopic (exact) mass is 300 g/mol. The molecule has 0 aromatic heterocycles. The van der Waals surface area contributed by atoms with Gasteiger partial charge in [0.05, 0.1) is 5.75 Å². The van der Waals surface area contributed by atoms with Crippen molar-refractivity contribution in [2.75, 3.05) is 16.8 Å². The Kier molecular flexibility index (Phi) is 4.91. The van der Waals surface area contributed by atoms with Crippen LogP contribution in [-0.4, -0.2) is 11.7 Å². The third-order valence-electron chi connectivity index (χ3n) is 3.30. The highest BCUT2D eigenvalue weighted by molar-refractivity contribution is 8.00. The third-order valence-corrected chi connectivity index (χ3v) is 4.37. The lowest BCUT2D eigenvalue weighted by molar-refractivity contribution is -0.113. The van der Waals surface area contributed by atoms with Gasteiger partial charge in [-0.3, -0.25) is 4.79 Å². The van der Waals surface area contributed by atoms with E-state index in [9.17, 15) is 4.79 Å². The maximum absolute atomic E-state index is 12.0. The molecule has 21 heavy (non-hydrogen) atoms. The van der Waals surface area contributed by atoms with E-state index in [-0.39, 0.29) is 5.91 Å². The molecule has 0 aliphatic rings. The van der Waals surface area contributed by atoms with Crippen molar-refractivity contribution < 1.29 is 4.79 Å². The van der Waals surface area contributed by atoms with Gasteiger partial charge < -0.3 is 11.1 Å². The number of hydrogen-bond donors (Lipinski definition) is 2. The van der Waals surface area contributed by atoms with Gasteiger partial charge >= 0.3 is 0 Å². The van der Waals surface area contributed by atoms with Crippen LogP contribution in [0.25, 0.3) is 0 Å². The lowest BCUT2D eigenvalue weighted by Gasteiger charge is -2.10. The second-order valence-corrected chi connectivity index (χ2v) is 6.16. The molecule has 0 atom stereocenters. The summed E-state index contributed by atoms with van der Waals surface area (Å²) in [6.07, 6.45) is 0. The van der Waals surface area contributed by atoms with Gasteiger partial charge in [0.15, 0.2) is 0 Å². The molecule has 1 amide bonds. The Morgan fingerprint density at radius 2 is 1.90 bits per heavy atom. The predicted molar refractivity (Wildman–Crippen MR) is 90.9 cm³/mol. The van der Waals surface area contributed by atoms with E-state index in [1.807, 2.05) is 51.1 Å². The highest BCUT2D eigenvalue weighted by Gasteiger charge is 2.08. The van der Waals surface area contributed by atoms with Crippen molar-refractivity contribution in [1.29, 1.82) is 0 Å². The zero-order valence-electron chi connectivity index (χ0n) is 12.6. The number of para-hydroxylation sites is 1. The maximum Gasteiger partial charge on any atom is 0.234 e. The van der Waals surface area contributed by atoms with E-state index in [0.717, 1.165) is 27.4 Å². The fourth-order valence-corrected chi connectivity index (χ4v) is 2.91. The van der Waals surface area contributed by atoms with Crippen LogP contribution in [0.15, 0.2) is 41.3 Å². The second kappa shape index (κ2) is 6.68. The molecule has 3 N–H and O–H groups in total. The van der Waals surface area contributed by atoms with E-state index < -0.39 is 0 Å². The normalized spacial score (nSPS) is 10.4. The van der Waals surface area contributed by atoms with E-state index in [2.05, 4.69) is 11.4 Å². The molecule has 0 radical (unpaired) electrons. The lowest BCUT2D eigenvalue weighted by Crippen LogP contribution is -2.15. The zero-order valence-corrected chi connectivity index (χ0v) is 13.4. The number of aryl methyl sites for hydroxylation is 3. The summed E-state index contributed by atoms with van der Waals surface area (Å²) >= 11 is 1.46. The van der Waals surface area contributed by atoms with Crippen LogP contribution in [0.3, 0.4) is 0 Å². The molecule has 0 aliphatic heterocycles. The van der Waals surface area contributed by atoms with Crippen LogP contribution in [0.5, 0.6) is 0 Å². The smallest absolute Gasteiger partial charge is 0.234 e. The molecule has 110 valence electrons. The van der Waals surface area contributed by atoms with Gasteiger partial charge in [0, 0.05) is 16.3 Å². The Morgan fingerprint density at radius 3 is 2.62 bits per heavy atom. The molecular weight excluding hydrogens is 280 g/mol. The zero-order chi connectivity index (χ0) is 15.4. The molecule has 0 bridgehead atoms. The highest BCUT2D eigenvalue weighted by atomic mass is 32.2. The summed E-state index contributed by atoms with van der Waals surface area (Å²) in [5, 5.41) is 2.94. The van der Waals surface area contributed by atoms with Gasteiger partial charge in [0.1, 0.15) is 0 Å². The minimum atomic E-state index is -0.0205. The first-order valence-corrected chi connectivity index (χ1v) is 7.81. The van der Waals surface area contributed by atoms with Crippen LogP contribution in [0.1, 0.15) is 16.7 Å². The number of benzene rings is 2. The van der Waals surface area contributed by atoms with E-state index >= 15 is 0 Å². The average Bonchev–Trinajstić information content (AvgIpc) is 2.43. The van der Waals surface area contributed by atoms with Crippen LogP contribution >= 0.6 is 11.8 Å². The SMILES string of the molecule is Cc1ccc(NC(=O)CSc2cccc(C)c2N)c(C)c1. The summed E-state index contributed by atoms with van der Waals surface area (Å²) in [6, 6.07) is 11.9. The summed E-state index contributed by atoms with van der Waals surface area (Å²) in [6.45, 7) is 6.00. The summed E-state index contributed by atoms with van der Waals surface area (Å²) in [5.74, 6) is 0.328. The summed E-state index contributed by atoms with van der Waals surface area (Å²) < 4.78 is 0. The van der Waals surface area contributed by atoms with Crippen LogP contribution in [0.4, 0.5) is 11.4 Å². The Morgan fingerprint density at radius 1 is 1.14 bits per heavy atom. The Labute approximate surface area is 129 Å². The van der Waals surface area contributed by atoms with Crippen molar-refractivity contribution >= 4 is 29.0 Å². The van der Waals surface area contributed by atoms with Gasteiger partial charge in [0.2, 0.25) is 5.91 Å². The molecule has 0 fully saturated rings. The standard InChI is InChI=1S/C17H20N2OS/c1-11-7-8-14(13(3)9-11)19-16(20)10-21-15-6-4-5-12(2)17(15)18/h4-9H,10,18H2,1-3H3,(H,19,20). The summed E-state index contributed by atoms with van der Waals surface area (Å²) in [5.41, 5.74) is 10.9. The molecular formula is C17H20N2OS. The average molecular weight is 300 g/mol. The van der Waals surface area contributed by atoms with Gasteiger partial charge in [0.25, 0.3) is 0 Å². The highest BCUT2D eigenvalue weighted by Crippen LogP contribution is 2.27. The molecule has 3 nitrogen and oxygen atoms in total. The lowest BCUT2D eigenvalue weighted by atomic mass is 10.1. The first kappa shape index (κ1) is 15.4. The molecule has 0 aliphatic carbocycles. The number of anilines is 2. The van der Waals surface area contributed by atoms with Gasteiger partial charge in [-0.1, -0.05) is 29.8 Å². The third kappa shape index (κ3) is 4.02. The number of nitrogen functional groups attached to an aromatic ring is 1. The predicted octanol–water partition coefficient (Wildman–Crippen LogP) is 3.92. The summed E-state index contributed by atoms with van der Waals surface area (Å²) in [7, 11) is 0. The van der Waals surface area contributed by atoms with Crippen molar-refractivity contribution in [3.05, 3.63) is 53.1 Å². The quantitative estimate of drug-likeness (QED) is 0.664. The van der Waals surface area contributed by atoms with Crippen LogP contribution in [0.2, 0.25) is 0 Å². The fourth-order valence-electron chi connectivity index (χ4n) is 2.06. The minimum absolute atomic E-state index is 0.0205. The Hall–Kier alpha value is -1.94. The van der Waals surface area contributed by atoms with Gasteiger partial charge in [-0.25, -0.2) is 0 Å². The number of amides is 1. The molecule has 4 heteroatoms. The number of rotatable bonds is 4. The molecule has 2 aromatic carbocycles. The number of hydrogen-bond acceptors (Lipinski definition) is 3. The Balaban J connectivity index is 1.97. The maximum atomic E-state index is 12.0. The van der Waals surface area contributed by atoms with Crippen molar-refractivity contribution in [3.63, 3.8) is 0 Å². The number of carbonyl (C=O) groups excluding carboxylic acids is 1. The van der Waals surface area contributed by atoms with Gasteiger partial charge in [-0.2, -0.15) is 0 Å². The Bertz CT molecular complexity index is 668. The first-order valence-electron chi connectivity index (χ1n) is 6.82. The summed E-state index contributed by atoms with van der Waals surface area (Å²) in [4.78, 5) is 13.0. The molecule has 2 aromatic rings. The molecule has 0 saturated carbocycles. The second-order valence-electron chi connectivity index (χ2n) is 5.14. The van der Waals surface area contributed by atoms with Gasteiger partial charge in [-0.05, 0) is 44.0 Å². The number of thioether (sulfide) groups is 1. The van der Waals surface area contributed by atoms with Crippen molar-refractivity contribution in [3.8, 4) is 0 Å². The molecule has 0 heterocycles. The largest absolute Gasteiger partial charge is 0.398 e. The van der Waals surface area contributed by atoms with E-state index in [4.69, 9.17) is 5.73 Å². The van der Waals surface area contributed by atoms with Gasteiger partial charge in [-0.15, -0.1) is 11.8 Å². The van der Waals surface area contributed by atoms with E-state index in [1.54, 1.807) is 0 Å². The van der Waals surface area contributed by atoms with E-state index in [1.165, 1.54) is 17.3 Å². The van der Waals surface area contributed by atoms with Crippen LogP contribution in [0, 0.1) is 20.8 Å². The molecule has 0 saturated heterocycles. The molecule has 2 rings (SSSR count). The van der Waals surface area contributed by atoms with Crippen molar-refractivity contribution in [2.45, 2.75) is 25.7 Å². The van der Waals surface area contributed by atoms with Crippen molar-refractivity contribution in [1.82, 2.24) is 0 Å². The number of nitrogens with two attached hydrogens (primary N) is 1. The van der Waals surface area contributed by atoms with E-state index in [0.29, 0.717) is 5.75 Å². The number of carbonyl (C=O) groups is 1.